The zero-order chi connectivity index (χ0) is 11.2. The molecular weight excluding hydrogens is 266 g/mol. The van der Waals surface area contributed by atoms with Crippen LogP contribution in [0.1, 0.15) is 25.7 Å². The van der Waals surface area contributed by atoms with Gasteiger partial charge in [0.2, 0.25) is 0 Å². The second-order valence-electron chi connectivity index (χ2n) is 5.08. The first-order valence-electron chi connectivity index (χ1n) is 5.84. The lowest BCUT2D eigenvalue weighted by Crippen LogP contribution is -2.18. The van der Waals surface area contributed by atoms with Crippen molar-refractivity contribution in [3.63, 3.8) is 0 Å². The number of nitrogens with one attached hydrogen (secondary N) is 1. The monoisotopic (exact) mass is 281 g/mol. The first-order valence-corrected chi connectivity index (χ1v) is 6.63. The van der Waals surface area contributed by atoms with E-state index in [4.69, 9.17) is 5.73 Å². The van der Waals surface area contributed by atoms with Crippen LogP contribution in [0.2, 0.25) is 0 Å². The van der Waals surface area contributed by atoms with Crippen molar-refractivity contribution in [3.8, 4) is 0 Å². The molecule has 2 saturated carbocycles. The van der Waals surface area contributed by atoms with Crippen LogP contribution in [0.4, 0.5) is 11.4 Å². The molecule has 16 heavy (non-hydrogen) atoms. The Morgan fingerprint density at radius 2 is 2.19 bits per heavy atom. The van der Waals surface area contributed by atoms with Crippen LogP contribution >= 0.6 is 15.9 Å². The molecule has 1 heterocycles. The molecule has 2 fully saturated rings. The van der Waals surface area contributed by atoms with Gasteiger partial charge in [-0.3, -0.25) is 4.98 Å². The van der Waals surface area contributed by atoms with E-state index in [0.29, 0.717) is 5.41 Å². The predicted molar refractivity (Wildman–Crippen MR) is 69.2 cm³/mol. The average Bonchev–Trinajstić information content (AvgIpc) is 3.12. The van der Waals surface area contributed by atoms with Gasteiger partial charge in [-0.15, -0.1) is 0 Å². The van der Waals surface area contributed by atoms with Gasteiger partial charge in [0.05, 0.1) is 22.0 Å². The fourth-order valence-electron chi connectivity index (χ4n) is 2.49. The van der Waals surface area contributed by atoms with Crippen molar-refractivity contribution in [3.05, 3.63) is 16.9 Å². The zero-order valence-corrected chi connectivity index (χ0v) is 10.8. The number of aromatic nitrogens is 1. The van der Waals surface area contributed by atoms with Gasteiger partial charge in [0.25, 0.3) is 0 Å². The molecule has 0 amide bonds. The van der Waals surface area contributed by atoms with Crippen molar-refractivity contribution in [2.75, 3.05) is 17.6 Å². The predicted octanol–water partition coefficient (Wildman–Crippen LogP) is 3.03. The minimum absolute atomic E-state index is 0.592. The van der Waals surface area contributed by atoms with Gasteiger partial charge in [-0.1, -0.05) is 0 Å². The van der Waals surface area contributed by atoms with E-state index < -0.39 is 0 Å². The Hall–Kier alpha value is -0.770. The second-order valence-corrected chi connectivity index (χ2v) is 5.93. The highest BCUT2D eigenvalue weighted by atomic mass is 79.9. The summed E-state index contributed by atoms with van der Waals surface area (Å²) in [5, 5.41) is 3.49. The van der Waals surface area contributed by atoms with E-state index >= 15 is 0 Å². The van der Waals surface area contributed by atoms with Gasteiger partial charge in [0.1, 0.15) is 0 Å². The lowest BCUT2D eigenvalue weighted by Gasteiger charge is -2.17. The van der Waals surface area contributed by atoms with Crippen molar-refractivity contribution >= 4 is 27.3 Å². The number of nitrogen functional groups attached to an aromatic ring is 1. The Morgan fingerprint density at radius 1 is 1.44 bits per heavy atom. The molecule has 3 N–H and O–H groups in total. The third-order valence-corrected chi connectivity index (χ3v) is 4.48. The molecule has 3 nitrogen and oxygen atoms in total. The molecule has 0 unspecified atom stereocenters. The molecule has 0 radical (unpaired) electrons. The Kier molecular flexibility index (Phi) is 2.35. The average molecular weight is 282 g/mol. The molecule has 2 aliphatic carbocycles. The van der Waals surface area contributed by atoms with Gasteiger partial charge in [-0.2, -0.15) is 0 Å². The summed E-state index contributed by atoms with van der Waals surface area (Å²) in [5.74, 6) is 0.974. The van der Waals surface area contributed by atoms with Gasteiger partial charge in [-0.25, -0.2) is 0 Å². The van der Waals surface area contributed by atoms with Crippen molar-refractivity contribution < 1.29 is 0 Å². The molecule has 2 aliphatic rings. The van der Waals surface area contributed by atoms with Gasteiger partial charge in [0, 0.05) is 12.7 Å². The quantitative estimate of drug-likeness (QED) is 0.892. The summed E-state index contributed by atoms with van der Waals surface area (Å²) < 4.78 is 0.957. The minimum atomic E-state index is 0.592. The highest BCUT2D eigenvalue weighted by Crippen LogP contribution is 2.61. The van der Waals surface area contributed by atoms with Crippen LogP contribution in [-0.4, -0.2) is 11.5 Å². The number of rotatable bonds is 4. The van der Waals surface area contributed by atoms with Gasteiger partial charge >= 0.3 is 0 Å². The minimum Gasteiger partial charge on any atom is -0.396 e. The lowest BCUT2D eigenvalue weighted by molar-refractivity contribution is 0.467. The number of pyridine rings is 1. The molecule has 0 aliphatic heterocycles. The van der Waals surface area contributed by atoms with Crippen molar-refractivity contribution in [2.24, 2.45) is 11.3 Å². The molecule has 86 valence electrons. The molecule has 1 aromatic heterocycles. The summed E-state index contributed by atoms with van der Waals surface area (Å²) in [6.07, 6.45) is 9.10. The molecule has 0 atom stereocenters. The van der Waals surface area contributed by atoms with Gasteiger partial charge in [0.15, 0.2) is 0 Å². The van der Waals surface area contributed by atoms with Gasteiger partial charge < -0.3 is 11.1 Å². The van der Waals surface area contributed by atoms with E-state index in [9.17, 15) is 0 Å². The maximum Gasteiger partial charge on any atom is 0.0750 e. The fourth-order valence-corrected chi connectivity index (χ4v) is 2.97. The SMILES string of the molecule is Nc1cncc(Br)c1NCC1(C2CC2)CC1. The van der Waals surface area contributed by atoms with Crippen molar-refractivity contribution in [2.45, 2.75) is 25.7 Å². The van der Waals surface area contributed by atoms with Crippen LogP contribution in [0.3, 0.4) is 0 Å². The summed E-state index contributed by atoms with van der Waals surface area (Å²) in [5.41, 5.74) is 8.23. The Balaban J connectivity index is 1.70. The summed E-state index contributed by atoms with van der Waals surface area (Å²) in [4.78, 5) is 4.04. The van der Waals surface area contributed by atoms with E-state index in [1.165, 1.54) is 25.7 Å². The first kappa shape index (κ1) is 10.4. The summed E-state index contributed by atoms with van der Waals surface area (Å²) in [6, 6.07) is 0. The number of hydrogen-bond acceptors (Lipinski definition) is 3. The summed E-state index contributed by atoms with van der Waals surface area (Å²) in [7, 11) is 0. The van der Waals surface area contributed by atoms with Crippen molar-refractivity contribution in [1.82, 2.24) is 4.98 Å². The summed E-state index contributed by atoms with van der Waals surface area (Å²) in [6.45, 7) is 1.06. The maximum absolute atomic E-state index is 5.91. The lowest BCUT2D eigenvalue weighted by atomic mass is 10.0. The number of hydrogen-bond donors (Lipinski definition) is 2. The zero-order valence-electron chi connectivity index (χ0n) is 9.17. The first-order chi connectivity index (χ1) is 7.71. The van der Waals surface area contributed by atoms with E-state index in [1.807, 2.05) is 0 Å². The molecular formula is C12H16BrN3. The van der Waals surface area contributed by atoms with Crippen LogP contribution < -0.4 is 11.1 Å². The molecule has 0 saturated heterocycles. The number of anilines is 2. The molecule has 1 aromatic rings. The summed E-state index contributed by atoms with van der Waals surface area (Å²) >= 11 is 3.48. The Morgan fingerprint density at radius 3 is 2.75 bits per heavy atom. The largest absolute Gasteiger partial charge is 0.396 e. The van der Waals surface area contributed by atoms with E-state index in [2.05, 4.69) is 26.2 Å². The third kappa shape index (κ3) is 1.79. The highest BCUT2D eigenvalue weighted by Gasteiger charge is 2.53. The van der Waals surface area contributed by atoms with Crippen LogP contribution in [0.15, 0.2) is 16.9 Å². The van der Waals surface area contributed by atoms with Crippen LogP contribution in [0, 0.1) is 11.3 Å². The topological polar surface area (TPSA) is 50.9 Å². The number of nitrogens with two attached hydrogens (primary N) is 1. The molecule has 0 spiro atoms. The third-order valence-electron chi connectivity index (χ3n) is 3.88. The fraction of sp³-hybridized carbons (Fsp3) is 0.583. The van der Waals surface area contributed by atoms with Gasteiger partial charge in [-0.05, 0) is 52.9 Å². The highest BCUT2D eigenvalue weighted by molar-refractivity contribution is 9.10. The maximum atomic E-state index is 5.91. The van der Waals surface area contributed by atoms with E-state index in [0.717, 1.165) is 28.3 Å². The molecule has 4 heteroatoms. The second kappa shape index (κ2) is 3.62. The number of halogens is 1. The normalized spacial score (nSPS) is 21.8. The molecule has 3 rings (SSSR count). The van der Waals surface area contributed by atoms with Crippen LogP contribution in [0.25, 0.3) is 0 Å². The van der Waals surface area contributed by atoms with Crippen molar-refractivity contribution in [1.29, 1.82) is 0 Å². The number of nitrogens with zero attached hydrogens (tertiary/aromatic N) is 1. The van der Waals surface area contributed by atoms with E-state index in [-0.39, 0.29) is 0 Å². The van der Waals surface area contributed by atoms with E-state index in [1.54, 1.807) is 12.4 Å². The Bertz CT molecular complexity index is 390. The Labute approximate surface area is 104 Å². The van der Waals surface area contributed by atoms with Crippen LogP contribution in [-0.2, 0) is 0 Å². The molecule has 0 bridgehead atoms. The smallest absolute Gasteiger partial charge is 0.0750 e. The molecule has 0 aromatic carbocycles. The van der Waals surface area contributed by atoms with Crippen LogP contribution in [0.5, 0.6) is 0 Å². The standard InChI is InChI=1S/C12H16BrN3/c13-9-5-15-6-10(14)11(9)16-7-12(3-4-12)8-1-2-8/h5-6,8H,1-4,7,14H2,(H,15,16).